The van der Waals surface area contributed by atoms with Crippen molar-refractivity contribution in [2.24, 2.45) is 5.73 Å². The van der Waals surface area contributed by atoms with Gasteiger partial charge in [0, 0.05) is 13.6 Å². The summed E-state index contributed by atoms with van der Waals surface area (Å²) in [5.74, 6) is -0.546. The molecule has 1 aromatic rings. The van der Waals surface area contributed by atoms with Crippen LogP contribution in [0.5, 0.6) is 0 Å². The van der Waals surface area contributed by atoms with Crippen LogP contribution in [0.2, 0.25) is 0 Å². The summed E-state index contributed by atoms with van der Waals surface area (Å²) in [5, 5.41) is 0. The van der Waals surface area contributed by atoms with Crippen molar-refractivity contribution in [2.45, 2.75) is 39.0 Å². The molecule has 0 radical (unpaired) electrons. The summed E-state index contributed by atoms with van der Waals surface area (Å²) in [6, 6.07) is 8.43. The summed E-state index contributed by atoms with van der Waals surface area (Å²) in [6.07, 6.45) is -0.539. The van der Waals surface area contributed by atoms with Crippen molar-refractivity contribution in [1.82, 2.24) is 4.90 Å². The van der Waals surface area contributed by atoms with Gasteiger partial charge in [-0.3, -0.25) is 4.79 Å². The molecule has 0 heterocycles. The summed E-state index contributed by atoms with van der Waals surface area (Å²) in [7, 11) is 1.53. The second-order valence-corrected chi connectivity index (χ2v) is 6.06. The maximum atomic E-state index is 11.9. The van der Waals surface area contributed by atoms with E-state index in [9.17, 15) is 9.59 Å². The van der Waals surface area contributed by atoms with Crippen molar-refractivity contribution in [3.05, 3.63) is 35.9 Å². The molecule has 1 aromatic carbocycles. The van der Waals surface area contributed by atoms with Crippen LogP contribution < -0.4 is 5.73 Å². The fraction of sp³-hybridized carbons (Fsp3) is 0.500. The predicted octanol–water partition coefficient (Wildman–Crippen LogP) is 1.92. The summed E-state index contributed by atoms with van der Waals surface area (Å²) >= 11 is 0. The van der Waals surface area contributed by atoms with Crippen LogP contribution in [0.1, 0.15) is 26.3 Å². The van der Waals surface area contributed by atoms with E-state index in [4.69, 9.17) is 15.2 Å². The molecule has 0 aliphatic carbocycles. The first-order valence-electron chi connectivity index (χ1n) is 7.09. The second kappa shape index (κ2) is 7.79. The Balaban J connectivity index is 2.41. The summed E-state index contributed by atoms with van der Waals surface area (Å²) < 4.78 is 10.3. The zero-order valence-corrected chi connectivity index (χ0v) is 13.5. The Bertz CT molecular complexity index is 497. The van der Waals surface area contributed by atoms with Crippen molar-refractivity contribution >= 4 is 12.1 Å². The van der Waals surface area contributed by atoms with E-state index in [2.05, 4.69) is 0 Å². The molecule has 122 valence electrons. The van der Waals surface area contributed by atoms with Gasteiger partial charge < -0.3 is 20.1 Å². The van der Waals surface area contributed by atoms with Crippen molar-refractivity contribution in [2.75, 3.05) is 13.6 Å². The molecule has 6 nitrogen and oxygen atoms in total. The van der Waals surface area contributed by atoms with Gasteiger partial charge in [-0.05, 0) is 26.3 Å². The lowest BCUT2D eigenvalue weighted by molar-refractivity contribution is -0.156. The molecule has 1 rings (SSSR count). The lowest BCUT2D eigenvalue weighted by Gasteiger charge is -2.24. The number of nitrogens with two attached hydrogens (primary N) is 1. The van der Waals surface area contributed by atoms with Crippen LogP contribution in [-0.2, 0) is 20.9 Å². The van der Waals surface area contributed by atoms with Gasteiger partial charge in [0.25, 0.3) is 0 Å². The maximum Gasteiger partial charge on any atom is 0.409 e. The van der Waals surface area contributed by atoms with Gasteiger partial charge in [-0.1, -0.05) is 30.3 Å². The first-order chi connectivity index (χ1) is 10.2. The third-order valence-corrected chi connectivity index (χ3v) is 2.70. The number of hydrogen-bond acceptors (Lipinski definition) is 5. The molecule has 1 unspecified atom stereocenters. The summed E-state index contributed by atoms with van der Waals surface area (Å²) in [6.45, 7) is 5.48. The Kier molecular flexibility index (Phi) is 6.37. The molecule has 6 heteroatoms. The van der Waals surface area contributed by atoms with E-state index in [1.807, 2.05) is 30.3 Å². The van der Waals surface area contributed by atoms with Gasteiger partial charge in [0.2, 0.25) is 0 Å². The van der Waals surface area contributed by atoms with Crippen LogP contribution >= 0.6 is 0 Å². The van der Waals surface area contributed by atoms with Crippen LogP contribution in [0.3, 0.4) is 0 Å². The van der Waals surface area contributed by atoms with E-state index in [1.54, 1.807) is 20.8 Å². The van der Waals surface area contributed by atoms with Gasteiger partial charge in [-0.2, -0.15) is 0 Å². The van der Waals surface area contributed by atoms with E-state index >= 15 is 0 Å². The summed E-state index contributed by atoms with van der Waals surface area (Å²) in [4.78, 5) is 24.9. The van der Waals surface area contributed by atoms with Gasteiger partial charge in [-0.15, -0.1) is 0 Å². The van der Waals surface area contributed by atoms with E-state index in [0.717, 1.165) is 5.56 Å². The number of likely N-dealkylation sites (N-methyl/N-ethyl adjacent to an activating group) is 1. The molecule has 0 spiro atoms. The molecular formula is C16H24N2O4. The fourth-order valence-corrected chi connectivity index (χ4v) is 1.65. The Labute approximate surface area is 131 Å². The molecule has 0 fully saturated rings. The number of amides is 1. The zero-order chi connectivity index (χ0) is 16.8. The van der Waals surface area contributed by atoms with Crippen LogP contribution in [0.15, 0.2) is 30.3 Å². The number of carbonyl (C=O) groups is 2. The third-order valence-electron chi connectivity index (χ3n) is 2.70. The number of rotatable bonds is 5. The minimum absolute atomic E-state index is 0.0303. The topological polar surface area (TPSA) is 81.9 Å². The van der Waals surface area contributed by atoms with E-state index in [1.165, 1.54) is 11.9 Å². The van der Waals surface area contributed by atoms with E-state index in [0.29, 0.717) is 0 Å². The highest BCUT2D eigenvalue weighted by molar-refractivity contribution is 5.77. The van der Waals surface area contributed by atoms with Gasteiger partial charge in [0.1, 0.15) is 18.2 Å². The molecule has 0 saturated carbocycles. The minimum Gasteiger partial charge on any atom is -0.459 e. The van der Waals surface area contributed by atoms with Crippen molar-refractivity contribution in [1.29, 1.82) is 0 Å². The number of hydrogen-bond donors (Lipinski definition) is 1. The molecule has 1 amide bonds. The Morgan fingerprint density at radius 1 is 1.23 bits per heavy atom. The van der Waals surface area contributed by atoms with Gasteiger partial charge >= 0.3 is 12.1 Å². The lowest BCUT2D eigenvalue weighted by atomic mass is 10.2. The largest absolute Gasteiger partial charge is 0.459 e. The van der Waals surface area contributed by atoms with Crippen LogP contribution in [0, 0.1) is 0 Å². The monoisotopic (exact) mass is 308 g/mol. The van der Waals surface area contributed by atoms with Gasteiger partial charge in [0.15, 0.2) is 0 Å². The van der Waals surface area contributed by atoms with Gasteiger partial charge in [-0.25, -0.2) is 4.79 Å². The molecule has 2 N–H and O–H groups in total. The van der Waals surface area contributed by atoms with Crippen molar-refractivity contribution < 1.29 is 19.1 Å². The Morgan fingerprint density at radius 3 is 2.36 bits per heavy atom. The van der Waals surface area contributed by atoms with Crippen molar-refractivity contribution in [3.8, 4) is 0 Å². The number of ether oxygens (including phenoxy) is 2. The SMILES string of the molecule is CN(CC(N)C(=O)OC(C)(C)C)C(=O)OCc1ccccc1. The van der Waals surface area contributed by atoms with E-state index in [-0.39, 0.29) is 13.2 Å². The van der Waals surface area contributed by atoms with E-state index < -0.39 is 23.7 Å². The quantitative estimate of drug-likeness (QED) is 0.840. The molecule has 0 saturated heterocycles. The molecule has 0 aliphatic heterocycles. The Hall–Kier alpha value is -2.08. The average Bonchev–Trinajstić information content (AvgIpc) is 2.43. The standard InChI is InChI=1S/C16H24N2O4/c1-16(2,3)22-14(19)13(17)10-18(4)15(20)21-11-12-8-6-5-7-9-12/h5-9,13H,10-11,17H2,1-4H3. The second-order valence-electron chi connectivity index (χ2n) is 6.06. The minimum atomic E-state index is -0.909. The highest BCUT2D eigenvalue weighted by Gasteiger charge is 2.24. The maximum absolute atomic E-state index is 11.9. The van der Waals surface area contributed by atoms with Gasteiger partial charge in [0.05, 0.1) is 0 Å². The van der Waals surface area contributed by atoms with Crippen LogP contribution in [-0.4, -0.2) is 42.2 Å². The number of carbonyl (C=O) groups excluding carboxylic acids is 2. The molecular weight excluding hydrogens is 284 g/mol. The van der Waals surface area contributed by atoms with Crippen LogP contribution in [0.4, 0.5) is 4.79 Å². The first kappa shape index (κ1) is 18.0. The highest BCUT2D eigenvalue weighted by Crippen LogP contribution is 2.08. The number of esters is 1. The summed E-state index contributed by atoms with van der Waals surface area (Å²) in [5.41, 5.74) is 6.03. The molecule has 0 aliphatic rings. The smallest absolute Gasteiger partial charge is 0.409 e. The Morgan fingerprint density at radius 2 is 1.82 bits per heavy atom. The molecule has 22 heavy (non-hydrogen) atoms. The molecule has 0 aromatic heterocycles. The van der Waals surface area contributed by atoms with Crippen LogP contribution in [0.25, 0.3) is 0 Å². The number of benzene rings is 1. The lowest BCUT2D eigenvalue weighted by Crippen LogP contribution is -2.46. The first-order valence-corrected chi connectivity index (χ1v) is 7.09. The zero-order valence-electron chi connectivity index (χ0n) is 13.5. The third kappa shape index (κ3) is 6.58. The molecule has 0 bridgehead atoms. The highest BCUT2D eigenvalue weighted by atomic mass is 16.6. The average molecular weight is 308 g/mol. The number of nitrogens with zero attached hydrogens (tertiary/aromatic N) is 1. The fourth-order valence-electron chi connectivity index (χ4n) is 1.65. The van der Waals surface area contributed by atoms with Crippen molar-refractivity contribution in [3.63, 3.8) is 0 Å². The normalized spacial score (nSPS) is 12.4. The predicted molar refractivity (Wildman–Crippen MR) is 83.1 cm³/mol. The molecule has 1 atom stereocenters.